The van der Waals surface area contributed by atoms with E-state index in [2.05, 4.69) is 4.74 Å². The van der Waals surface area contributed by atoms with Crippen molar-refractivity contribution in [3.05, 3.63) is 0 Å². The van der Waals surface area contributed by atoms with Gasteiger partial charge in [0.2, 0.25) is 0 Å². The highest BCUT2D eigenvalue weighted by molar-refractivity contribution is 7.64. The maximum absolute atomic E-state index is 11.7. The van der Waals surface area contributed by atoms with Crippen LogP contribution in [0.4, 0.5) is 0 Å². The van der Waals surface area contributed by atoms with Gasteiger partial charge in [0.15, 0.2) is 24.5 Å². The Morgan fingerprint density at radius 2 is 1.25 bits per heavy atom. The van der Waals surface area contributed by atoms with Crippen molar-refractivity contribution in [2.24, 2.45) is 4.74 Å². The van der Waals surface area contributed by atoms with E-state index in [0.717, 1.165) is 0 Å². The van der Waals surface area contributed by atoms with Gasteiger partial charge < -0.3 is 23.7 Å². The largest absolute Gasteiger partial charge is 0.463 e. The monoisotopic (exact) mass is 421 g/mol. The molecule has 0 aromatic heterocycles. The van der Waals surface area contributed by atoms with Crippen molar-refractivity contribution in [2.75, 3.05) is 26.6 Å². The Kier molecular flexibility index (Phi) is 8.63. The van der Waals surface area contributed by atoms with E-state index in [0.29, 0.717) is 0 Å². The van der Waals surface area contributed by atoms with Crippen LogP contribution >= 0.6 is 7.05 Å². The average molecular weight is 421 g/mol. The van der Waals surface area contributed by atoms with Crippen LogP contribution in [0.3, 0.4) is 0 Å². The summed E-state index contributed by atoms with van der Waals surface area (Å²) in [7, 11) is -1.78. The lowest BCUT2D eigenvalue weighted by molar-refractivity contribution is -0.250. The van der Waals surface area contributed by atoms with Crippen molar-refractivity contribution < 1.29 is 42.9 Å². The fraction of sp³-hybridized carbons (Fsp3) is 0.765. The summed E-state index contributed by atoms with van der Waals surface area (Å²) < 4.78 is 31.4. The van der Waals surface area contributed by atoms with E-state index in [9.17, 15) is 19.2 Å². The molecule has 11 heteroatoms. The molecule has 0 N–H and O–H groups in total. The molecule has 1 saturated heterocycles. The van der Waals surface area contributed by atoms with Crippen LogP contribution in [0.5, 0.6) is 0 Å². The molecule has 0 spiro atoms. The molecule has 1 aliphatic heterocycles. The molecule has 1 rings (SSSR count). The minimum absolute atomic E-state index is 0.257. The smallest absolute Gasteiger partial charge is 0.303 e. The first-order valence-electron chi connectivity index (χ1n) is 8.64. The fourth-order valence-corrected chi connectivity index (χ4v) is 3.51. The third-order valence-corrected chi connectivity index (χ3v) is 4.35. The second-order valence-corrected chi connectivity index (χ2v) is 11.3. The Balaban J connectivity index is 3.41. The molecule has 0 amide bonds. The highest BCUT2D eigenvalue weighted by atomic mass is 31.2. The van der Waals surface area contributed by atoms with Crippen molar-refractivity contribution in [3.8, 4) is 0 Å². The van der Waals surface area contributed by atoms with Gasteiger partial charge in [-0.3, -0.25) is 23.9 Å². The molecule has 0 saturated carbocycles. The van der Waals surface area contributed by atoms with E-state index >= 15 is 0 Å². The third-order valence-electron chi connectivity index (χ3n) is 3.43. The molecular formula is C17H28NO9P. The quantitative estimate of drug-likeness (QED) is 0.353. The molecule has 0 unspecified atom stereocenters. The molecule has 1 aliphatic rings. The first-order valence-corrected chi connectivity index (χ1v) is 11.7. The number of rotatable bonds is 6. The average Bonchev–Trinajstić information content (AvgIpc) is 2.48. The molecule has 1 fully saturated rings. The highest BCUT2D eigenvalue weighted by Crippen LogP contribution is 2.40. The van der Waals surface area contributed by atoms with Crippen LogP contribution in [0, 0.1) is 0 Å². The van der Waals surface area contributed by atoms with Crippen LogP contribution in [-0.2, 0) is 42.9 Å². The van der Waals surface area contributed by atoms with Crippen molar-refractivity contribution in [3.63, 3.8) is 0 Å². The molecule has 0 aromatic rings. The van der Waals surface area contributed by atoms with E-state index in [4.69, 9.17) is 23.7 Å². The zero-order valence-corrected chi connectivity index (χ0v) is 18.1. The van der Waals surface area contributed by atoms with Gasteiger partial charge in [-0.1, -0.05) is 0 Å². The lowest BCUT2D eigenvalue weighted by Gasteiger charge is -2.43. The maximum atomic E-state index is 11.7. The molecule has 0 aliphatic carbocycles. The van der Waals surface area contributed by atoms with Gasteiger partial charge >= 0.3 is 23.9 Å². The number of ether oxygens (including phenoxy) is 5. The van der Waals surface area contributed by atoms with Crippen LogP contribution in [0.25, 0.3) is 0 Å². The summed E-state index contributed by atoms with van der Waals surface area (Å²) >= 11 is 0. The number of esters is 4. The molecular weight excluding hydrogens is 393 g/mol. The number of nitrogens with zero attached hydrogens (tertiary/aromatic N) is 1. The summed E-state index contributed by atoms with van der Waals surface area (Å²) in [5, 5.41) is 0. The topological polar surface area (TPSA) is 127 Å². The predicted octanol–water partition coefficient (Wildman–Crippen LogP) is 1.16. The van der Waals surface area contributed by atoms with E-state index in [-0.39, 0.29) is 6.61 Å². The summed E-state index contributed by atoms with van der Waals surface area (Å²) in [5.74, 6) is -2.54. The minimum atomic E-state index is -1.78. The lowest BCUT2D eigenvalue weighted by atomic mass is 9.97. The standard InChI is InChI=1S/C17H28NO9P/c1-9(19)23-8-13-14(24-10(2)20)15(25-11(3)21)16(26-12(4)22)17(27-13)18-28(5,6)7/h13-17H,8H2,1-7H3/t13-,14-,15+,16-,17-/m1/s1. The molecule has 5 atom stereocenters. The van der Waals surface area contributed by atoms with Crippen molar-refractivity contribution in [1.29, 1.82) is 0 Å². The van der Waals surface area contributed by atoms with E-state index in [1.807, 2.05) is 20.0 Å². The Bertz CT molecular complexity index is 663. The van der Waals surface area contributed by atoms with Gasteiger partial charge in [-0.05, 0) is 27.0 Å². The molecule has 160 valence electrons. The first kappa shape index (κ1) is 24.1. The van der Waals surface area contributed by atoms with Crippen molar-refractivity contribution in [2.45, 2.75) is 58.3 Å². The van der Waals surface area contributed by atoms with Gasteiger partial charge in [-0.15, -0.1) is 0 Å². The number of hydrogen-bond donors (Lipinski definition) is 0. The number of hydrogen-bond acceptors (Lipinski definition) is 10. The molecule has 0 radical (unpaired) electrons. The molecule has 10 nitrogen and oxygen atoms in total. The fourth-order valence-electron chi connectivity index (χ4n) is 2.64. The summed E-state index contributed by atoms with van der Waals surface area (Å²) in [5.41, 5.74) is 0. The van der Waals surface area contributed by atoms with Gasteiger partial charge in [-0.25, -0.2) is 0 Å². The number of carbonyl (C=O) groups excluding carboxylic acids is 4. The molecule has 0 aromatic carbocycles. The highest BCUT2D eigenvalue weighted by Gasteiger charge is 2.52. The normalized spacial score (nSPS) is 27.3. The summed E-state index contributed by atoms with van der Waals surface area (Å²) in [4.78, 5) is 46.2. The zero-order chi connectivity index (χ0) is 21.6. The zero-order valence-electron chi connectivity index (χ0n) is 17.2. The molecule has 1 heterocycles. The van der Waals surface area contributed by atoms with Gasteiger partial charge in [0, 0.05) is 27.7 Å². The Morgan fingerprint density at radius 3 is 1.68 bits per heavy atom. The maximum Gasteiger partial charge on any atom is 0.303 e. The van der Waals surface area contributed by atoms with Crippen LogP contribution in [0.15, 0.2) is 4.74 Å². The second kappa shape index (κ2) is 10.0. The summed E-state index contributed by atoms with van der Waals surface area (Å²) in [6, 6.07) is 0. The Labute approximate surface area is 164 Å². The Morgan fingerprint density at radius 1 is 0.786 bits per heavy atom. The van der Waals surface area contributed by atoms with Gasteiger partial charge in [0.05, 0.1) is 0 Å². The second-order valence-electron chi connectivity index (χ2n) is 7.15. The van der Waals surface area contributed by atoms with Gasteiger partial charge in [-0.2, -0.15) is 0 Å². The van der Waals surface area contributed by atoms with E-state index in [1.54, 1.807) is 0 Å². The van der Waals surface area contributed by atoms with E-state index < -0.39 is 61.6 Å². The van der Waals surface area contributed by atoms with Crippen LogP contribution in [-0.4, -0.2) is 81.1 Å². The van der Waals surface area contributed by atoms with E-state index in [1.165, 1.54) is 27.7 Å². The summed E-state index contributed by atoms with van der Waals surface area (Å²) in [6.07, 6.45) is -5.42. The summed E-state index contributed by atoms with van der Waals surface area (Å²) in [6.45, 7) is 10.3. The van der Waals surface area contributed by atoms with Crippen LogP contribution in [0.1, 0.15) is 27.7 Å². The minimum Gasteiger partial charge on any atom is -0.463 e. The number of carbonyl (C=O) groups is 4. The van der Waals surface area contributed by atoms with Crippen LogP contribution < -0.4 is 0 Å². The SMILES string of the molecule is CC(=O)OC[C@H]1O[C@@H](N=P(C)(C)C)[C@H](OC(C)=O)[C@@H](OC(C)=O)[C@@H]1OC(C)=O. The van der Waals surface area contributed by atoms with Crippen molar-refractivity contribution in [1.82, 2.24) is 0 Å². The molecule has 28 heavy (non-hydrogen) atoms. The predicted molar refractivity (Wildman–Crippen MR) is 99.1 cm³/mol. The lowest BCUT2D eigenvalue weighted by Crippen LogP contribution is -2.61. The molecule has 0 bridgehead atoms. The van der Waals surface area contributed by atoms with Gasteiger partial charge in [0.25, 0.3) is 0 Å². The van der Waals surface area contributed by atoms with Crippen molar-refractivity contribution >= 4 is 30.9 Å². The van der Waals surface area contributed by atoms with Gasteiger partial charge in [0.1, 0.15) is 12.7 Å². The first-order chi connectivity index (χ1) is 12.8. The Hall–Kier alpha value is -1.93. The van der Waals surface area contributed by atoms with Crippen LogP contribution in [0.2, 0.25) is 0 Å². The third kappa shape index (κ3) is 7.98.